The van der Waals surface area contributed by atoms with Crippen molar-refractivity contribution in [3.63, 3.8) is 0 Å². The van der Waals surface area contributed by atoms with Crippen molar-refractivity contribution in [3.05, 3.63) is 36.6 Å². The Morgan fingerprint density at radius 3 is 1.90 bits per heavy atom. The molecule has 1 atom stereocenters. The molecule has 1 unspecified atom stereocenters. The SMILES string of the molecule is C=COC1(C(C)(C)C)C=CC(C(C)(C)C)=CC1.COC. The van der Waals surface area contributed by atoms with Crippen LogP contribution in [0.2, 0.25) is 0 Å². The van der Waals surface area contributed by atoms with Crippen LogP contribution in [0.4, 0.5) is 0 Å². The standard InChI is InChI=1S/C16H26O.C2H6O/c1-8-17-16(15(5,6)7)11-9-13(10-12-16)14(2,3)4;1-3-2/h8-11H,1,12H2,2-7H3;1-2H3. The first kappa shape index (κ1) is 19.0. The summed E-state index contributed by atoms with van der Waals surface area (Å²) in [5.74, 6) is 0. The van der Waals surface area contributed by atoms with E-state index in [-0.39, 0.29) is 16.4 Å². The predicted molar refractivity (Wildman–Crippen MR) is 87.7 cm³/mol. The fourth-order valence-corrected chi connectivity index (χ4v) is 2.15. The van der Waals surface area contributed by atoms with Crippen LogP contribution in [0, 0.1) is 10.8 Å². The molecular formula is C18H32O2. The molecule has 116 valence electrons. The maximum Gasteiger partial charge on any atom is 0.135 e. The van der Waals surface area contributed by atoms with Crippen LogP contribution < -0.4 is 0 Å². The average Bonchev–Trinajstić information content (AvgIpc) is 2.28. The lowest BCUT2D eigenvalue weighted by Crippen LogP contribution is -2.43. The predicted octanol–water partition coefficient (Wildman–Crippen LogP) is 5.13. The zero-order valence-corrected chi connectivity index (χ0v) is 14.5. The fourth-order valence-electron chi connectivity index (χ4n) is 2.15. The van der Waals surface area contributed by atoms with E-state index in [0.29, 0.717) is 0 Å². The first-order valence-electron chi connectivity index (χ1n) is 7.13. The monoisotopic (exact) mass is 280 g/mol. The molecule has 20 heavy (non-hydrogen) atoms. The van der Waals surface area contributed by atoms with E-state index >= 15 is 0 Å². The lowest BCUT2D eigenvalue weighted by atomic mass is 9.70. The Morgan fingerprint density at radius 1 is 1.15 bits per heavy atom. The summed E-state index contributed by atoms with van der Waals surface area (Å²) in [4.78, 5) is 0. The molecule has 0 aromatic carbocycles. The van der Waals surface area contributed by atoms with E-state index in [2.05, 4.69) is 71.1 Å². The van der Waals surface area contributed by atoms with Gasteiger partial charge in [0, 0.05) is 26.1 Å². The van der Waals surface area contributed by atoms with Gasteiger partial charge < -0.3 is 9.47 Å². The number of hydrogen-bond acceptors (Lipinski definition) is 2. The topological polar surface area (TPSA) is 18.5 Å². The normalized spacial score (nSPS) is 22.5. The molecule has 0 radical (unpaired) electrons. The quantitative estimate of drug-likeness (QED) is 0.653. The zero-order valence-electron chi connectivity index (χ0n) is 14.5. The van der Waals surface area contributed by atoms with Crippen LogP contribution in [-0.4, -0.2) is 19.8 Å². The van der Waals surface area contributed by atoms with Crippen LogP contribution in [0.25, 0.3) is 0 Å². The highest BCUT2D eigenvalue weighted by Crippen LogP contribution is 2.43. The second kappa shape index (κ2) is 7.12. The molecular weight excluding hydrogens is 248 g/mol. The van der Waals surface area contributed by atoms with Crippen molar-refractivity contribution in [1.82, 2.24) is 0 Å². The van der Waals surface area contributed by atoms with Crippen LogP contribution in [-0.2, 0) is 9.47 Å². The summed E-state index contributed by atoms with van der Waals surface area (Å²) < 4.78 is 10.1. The van der Waals surface area contributed by atoms with Gasteiger partial charge in [-0.3, -0.25) is 0 Å². The second-order valence-electron chi connectivity index (χ2n) is 7.28. The molecule has 2 nitrogen and oxygen atoms in total. The molecule has 1 rings (SSSR count). The fraction of sp³-hybridized carbons (Fsp3) is 0.667. The third-order valence-corrected chi connectivity index (χ3v) is 3.59. The third kappa shape index (κ3) is 4.82. The smallest absolute Gasteiger partial charge is 0.135 e. The summed E-state index contributed by atoms with van der Waals surface area (Å²) in [7, 11) is 3.25. The van der Waals surface area contributed by atoms with Crippen molar-refractivity contribution >= 4 is 0 Å². The lowest BCUT2D eigenvalue weighted by molar-refractivity contribution is -0.0254. The molecule has 0 N–H and O–H groups in total. The largest absolute Gasteiger partial charge is 0.491 e. The summed E-state index contributed by atoms with van der Waals surface area (Å²) in [6.07, 6.45) is 9.18. The molecule has 0 bridgehead atoms. The minimum absolute atomic E-state index is 0.0532. The molecule has 0 aromatic heterocycles. The Morgan fingerprint density at radius 2 is 1.65 bits per heavy atom. The Balaban J connectivity index is 0.00000110. The van der Waals surface area contributed by atoms with E-state index in [0.717, 1.165) is 6.42 Å². The van der Waals surface area contributed by atoms with Gasteiger partial charge in [0.05, 0.1) is 6.26 Å². The number of rotatable bonds is 2. The summed E-state index contributed by atoms with van der Waals surface area (Å²) in [5.41, 5.74) is 1.38. The van der Waals surface area contributed by atoms with Gasteiger partial charge in [-0.25, -0.2) is 0 Å². The van der Waals surface area contributed by atoms with E-state index in [1.54, 1.807) is 20.5 Å². The molecule has 0 fully saturated rings. The van der Waals surface area contributed by atoms with Gasteiger partial charge in [0.2, 0.25) is 0 Å². The minimum Gasteiger partial charge on any atom is -0.491 e. The van der Waals surface area contributed by atoms with Gasteiger partial charge in [-0.05, 0) is 17.1 Å². The number of ether oxygens (including phenoxy) is 2. The van der Waals surface area contributed by atoms with E-state index in [1.165, 1.54) is 5.57 Å². The van der Waals surface area contributed by atoms with Gasteiger partial charge in [-0.2, -0.15) is 0 Å². The van der Waals surface area contributed by atoms with Crippen LogP contribution in [0.3, 0.4) is 0 Å². The van der Waals surface area contributed by atoms with Gasteiger partial charge in [0.25, 0.3) is 0 Å². The maximum atomic E-state index is 5.83. The van der Waals surface area contributed by atoms with Gasteiger partial charge in [0.15, 0.2) is 0 Å². The molecule has 0 saturated carbocycles. The highest BCUT2D eigenvalue weighted by molar-refractivity contribution is 5.33. The Hall–Kier alpha value is -1.02. The van der Waals surface area contributed by atoms with Gasteiger partial charge in [-0.15, -0.1) is 0 Å². The zero-order chi connectivity index (χ0) is 16.0. The summed E-state index contributed by atoms with van der Waals surface area (Å²) in [5, 5.41) is 0. The van der Waals surface area contributed by atoms with E-state index in [9.17, 15) is 0 Å². The molecule has 1 aliphatic carbocycles. The molecule has 0 aromatic rings. The van der Waals surface area contributed by atoms with Crippen molar-refractivity contribution in [3.8, 4) is 0 Å². The maximum absolute atomic E-state index is 5.83. The molecule has 0 saturated heterocycles. The van der Waals surface area contributed by atoms with Gasteiger partial charge in [0.1, 0.15) is 5.60 Å². The minimum atomic E-state index is -0.260. The average molecular weight is 280 g/mol. The Kier molecular flexibility index (Phi) is 6.76. The molecule has 2 heteroatoms. The summed E-state index contributed by atoms with van der Waals surface area (Å²) in [6.45, 7) is 17.0. The van der Waals surface area contributed by atoms with Gasteiger partial charge >= 0.3 is 0 Å². The van der Waals surface area contributed by atoms with Crippen LogP contribution in [0.5, 0.6) is 0 Å². The first-order chi connectivity index (χ1) is 9.04. The summed E-state index contributed by atoms with van der Waals surface area (Å²) in [6, 6.07) is 0. The Labute approximate surface area is 125 Å². The molecule has 0 amide bonds. The highest BCUT2D eigenvalue weighted by atomic mass is 16.5. The van der Waals surface area contributed by atoms with Crippen LogP contribution in [0.15, 0.2) is 36.6 Å². The first-order valence-corrected chi connectivity index (χ1v) is 7.13. The number of allylic oxidation sites excluding steroid dienone is 2. The van der Waals surface area contributed by atoms with Crippen LogP contribution in [0.1, 0.15) is 48.0 Å². The highest BCUT2D eigenvalue weighted by Gasteiger charge is 2.42. The van der Waals surface area contributed by atoms with Crippen molar-refractivity contribution < 1.29 is 9.47 Å². The van der Waals surface area contributed by atoms with Gasteiger partial charge in [-0.1, -0.05) is 60.3 Å². The molecule has 0 spiro atoms. The van der Waals surface area contributed by atoms with E-state index in [1.807, 2.05) is 0 Å². The van der Waals surface area contributed by atoms with Crippen molar-refractivity contribution in [1.29, 1.82) is 0 Å². The lowest BCUT2D eigenvalue weighted by Gasteiger charge is -2.43. The summed E-state index contributed by atoms with van der Waals surface area (Å²) >= 11 is 0. The number of hydrogen-bond donors (Lipinski definition) is 0. The van der Waals surface area contributed by atoms with Crippen molar-refractivity contribution in [2.45, 2.75) is 53.6 Å². The third-order valence-electron chi connectivity index (χ3n) is 3.59. The molecule has 0 aliphatic heterocycles. The van der Waals surface area contributed by atoms with Crippen molar-refractivity contribution in [2.75, 3.05) is 14.2 Å². The molecule has 0 heterocycles. The second-order valence-corrected chi connectivity index (χ2v) is 7.28. The van der Waals surface area contributed by atoms with E-state index in [4.69, 9.17) is 4.74 Å². The van der Waals surface area contributed by atoms with E-state index < -0.39 is 0 Å². The Bertz CT molecular complexity index is 364. The van der Waals surface area contributed by atoms with Crippen LogP contribution >= 0.6 is 0 Å². The molecule has 1 aliphatic rings. The van der Waals surface area contributed by atoms with Crippen molar-refractivity contribution in [2.24, 2.45) is 10.8 Å². The number of methoxy groups -OCH3 is 1.